The second-order valence-electron chi connectivity index (χ2n) is 7.54. The van der Waals surface area contributed by atoms with Gasteiger partial charge in [-0.05, 0) is 34.7 Å². The first-order valence-electron chi connectivity index (χ1n) is 10.3. The first-order chi connectivity index (χ1) is 15.5. The Kier molecular flexibility index (Phi) is 6.23. The molecule has 8 heteroatoms. The monoisotopic (exact) mass is 428 g/mol. The molecule has 3 aromatic carbocycles. The minimum atomic E-state index is -1.03. The number of nitrogens with zero attached hydrogens (tertiary/aromatic N) is 3. The van der Waals surface area contributed by atoms with Gasteiger partial charge in [0, 0.05) is 12.1 Å². The van der Waals surface area contributed by atoms with E-state index in [0.717, 1.165) is 17.5 Å². The van der Waals surface area contributed by atoms with E-state index in [4.69, 9.17) is 16.6 Å². The molecule has 0 saturated heterocycles. The SMILES string of the molecule is Nc1nc(NCCc2ccc3ccccc3c2)nc(-c2ccc(CC(N)C(=O)O)cc2)n1. The van der Waals surface area contributed by atoms with Gasteiger partial charge in [-0.1, -0.05) is 66.7 Å². The molecule has 0 aliphatic rings. The zero-order chi connectivity index (χ0) is 22.5. The van der Waals surface area contributed by atoms with Crippen molar-refractivity contribution in [3.05, 3.63) is 77.9 Å². The van der Waals surface area contributed by atoms with E-state index in [0.29, 0.717) is 18.3 Å². The van der Waals surface area contributed by atoms with E-state index in [1.807, 2.05) is 36.4 Å². The highest BCUT2D eigenvalue weighted by atomic mass is 16.4. The normalized spacial score (nSPS) is 11.9. The Bertz CT molecular complexity index is 1240. The summed E-state index contributed by atoms with van der Waals surface area (Å²) in [6, 6.07) is 21.0. The second-order valence-corrected chi connectivity index (χ2v) is 7.54. The Morgan fingerprint density at radius 3 is 2.41 bits per heavy atom. The molecule has 6 N–H and O–H groups in total. The fourth-order valence-electron chi connectivity index (χ4n) is 3.44. The van der Waals surface area contributed by atoms with E-state index < -0.39 is 12.0 Å². The van der Waals surface area contributed by atoms with Gasteiger partial charge in [-0.2, -0.15) is 15.0 Å². The van der Waals surface area contributed by atoms with E-state index in [-0.39, 0.29) is 12.4 Å². The van der Waals surface area contributed by atoms with Crippen LogP contribution in [-0.4, -0.2) is 38.6 Å². The van der Waals surface area contributed by atoms with Gasteiger partial charge in [-0.15, -0.1) is 0 Å². The molecule has 1 unspecified atom stereocenters. The number of nitrogens with one attached hydrogen (secondary N) is 1. The number of anilines is 2. The molecule has 0 bridgehead atoms. The summed E-state index contributed by atoms with van der Waals surface area (Å²) >= 11 is 0. The van der Waals surface area contributed by atoms with Crippen LogP contribution in [0.2, 0.25) is 0 Å². The van der Waals surface area contributed by atoms with Gasteiger partial charge in [-0.3, -0.25) is 4.79 Å². The van der Waals surface area contributed by atoms with Gasteiger partial charge in [0.1, 0.15) is 6.04 Å². The minimum absolute atomic E-state index is 0.125. The van der Waals surface area contributed by atoms with Gasteiger partial charge in [0.25, 0.3) is 0 Å². The predicted molar refractivity (Wildman–Crippen MR) is 125 cm³/mol. The van der Waals surface area contributed by atoms with E-state index in [2.05, 4.69) is 50.6 Å². The maximum Gasteiger partial charge on any atom is 0.320 e. The molecular formula is C24H24N6O2. The fourth-order valence-corrected chi connectivity index (χ4v) is 3.44. The lowest BCUT2D eigenvalue weighted by molar-refractivity contribution is -0.138. The van der Waals surface area contributed by atoms with Crippen LogP contribution in [0.3, 0.4) is 0 Å². The van der Waals surface area contributed by atoms with Crippen LogP contribution in [0.25, 0.3) is 22.2 Å². The van der Waals surface area contributed by atoms with Crippen molar-refractivity contribution in [2.75, 3.05) is 17.6 Å². The number of rotatable bonds is 8. The molecular weight excluding hydrogens is 404 g/mol. The fraction of sp³-hybridized carbons (Fsp3) is 0.167. The Balaban J connectivity index is 1.42. The highest BCUT2D eigenvalue weighted by Gasteiger charge is 2.13. The van der Waals surface area contributed by atoms with Crippen molar-refractivity contribution in [1.29, 1.82) is 0 Å². The molecule has 162 valence electrons. The van der Waals surface area contributed by atoms with E-state index in [1.165, 1.54) is 16.3 Å². The average Bonchev–Trinajstić information content (AvgIpc) is 2.79. The van der Waals surface area contributed by atoms with Crippen molar-refractivity contribution < 1.29 is 9.90 Å². The van der Waals surface area contributed by atoms with Crippen LogP contribution in [0, 0.1) is 0 Å². The summed E-state index contributed by atoms with van der Waals surface area (Å²) in [4.78, 5) is 23.8. The molecule has 0 spiro atoms. The number of aliphatic carboxylic acids is 1. The molecule has 4 rings (SSSR count). The standard InChI is InChI=1S/C24H24N6O2/c25-20(22(31)32)14-15-6-9-18(10-7-15)21-28-23(26)30-24(29-21)27-12-11-16-5-8-17-3-1-2-4-19(17)13-16/h1-10,13,20H,11-12,14,25H2,(H,31,32)(H3,26,27,28,29,30). The summed E-state index contributed by atoms with van der Waals surface area (Å²) in [7, 11) is 0. The summed E-state index contributed by atoms with van der Waals surface area (Å²) < 4.78 is 0. The number of carboxylic acid groups (broad SMARTS) is 1. The molecule has 8 nitrogen and oxygen atoms in total. The quantitative estimate of drug-likeness (QED) is 0.336. The molecule has 32 heavy (non-hydrogen) atoms. The second kappa shape index (κ2) is 9.40. The van der Waals surface area contributed by atoms with Crippen LogP contribution in [-0.2, 0) is 17.6 Å². The number of carboxylic acids is 1. The number of carbonyl (C=O) groups is 1. The number of fused-ring (bicyclic) bond motifs is 1. The predicted octanol–water partition coefficient (Wildman–Crippen LogP) is 2.88. The van der Waals surface area contributed by atoms with Crippen molar-refractivity contribution in [3.63, 3.8) is 0 Å². The first kappa shape index (κ1) is 21.2. The zero-order valence-corrected chi connectivity index (χ0v) is 17.4. The largest absolute Gasteiger partial charge is 0.480 e. The summed E-state index contributed by atoms with van der Waals surface area (Å²) in [5.74, 6) is -0.0519. The lowest BCUT2D eigenvalue weighted by Crippen LogP contribution is -2.32. The topological polar surface area (TPSA) is 140 Å². The van der Waals surface area contributed by atoms with Crippen molar-refractivity contribution in [1.82, 2.24) is 15.0 Å². The van der Waals surface area contributed by atoms with E-state index >= 15 is 0 Å². The van der Waals surface area contributed by atoms with Crippen LogP contribution in [0.4, 0.5) is 11.9 Å². The Morgan fingerprint density at radius 1 is 0.938 bits per heavy atom. The van der Waals surface area contributed by atoms with Crippen molar-refractivity contribution >= 4 is 28.6 Å². The maximum atomic E-state index is 10.9. The van der Waals surface area contributed by atoms with Gasteiger partial charge in [0.15, 0.2) is 5.82 Å². The number of nitrogens with two attached hydrogens (primary N) is 2. The molecule has 4 aromatic rings. The van der Waals surface area contributed by atoms with Crippen molar-refractivity contribution in [2.45, 2.75) is 18.9 Å². The number of hydrogen-bond acceptors (Lipinski definition) is 7. The van der Waals surface area contributed by atoms with Crippen LogP contribution in [0.5, 0.6) is 0 Å². The number of aromatic nitrogens is 3. The third-order valence-electron chi connectivity index (χ3n) is 5.15. The molecule has 0 fully saturated rings. The lowest BCUT2D eigenvalue weighted by atomic mass is 10.0. The molecule has 1 atom stereocenters. The first-order valence-corrected chi connectivity index (χ1v) is 10.3. The van der Waals surface area contributed by atoms with Crippen LogP contribution >= 0.6 is 0 Å². The zero-order valence-electron chi connectivity index (χ0n) is 17.4. The van der Waals surface area contributed by atoms with Crippen LogP contribution in [0.1, 0.15) is 11.1 Å². The van der Waals surface area contributed by atoms with Gasteiger partial charge in [0.05, 0.1) is 0 Å². The molecule has 0 amide bonds. The average molecular weight is 428 g/mol. The number of benzene rings is 3. The molecule has 0 radical (unpaired) electrons. The molecule has 0 aliphatic heterocycles. The molecule has 0 saturated carbocycles. The number of nitrogen functional groups attached to an aromatic ring is 1. The summed E-state index contributed by atoms with van der Waals surface area (Å²) in [5, 5.41) is 14.6. The Labute approximate surface area is 185 Å². The minimum Gasteiger partial charge on any atom is -0.480 e. The smallest absolute Gasteiger partial charge is 0.320 e. The van der Waals surface area contributed by atoms with Crippen LogP contribution < -0.4 is 16.8 Å². The Morgan fingerprint density at radius 2 is 1.66 bits per heavy atom. The highest BCUT2D eigenvalue weighted by molar-refractivity contribution is 5.83. The highest BCUT2D eigenvalue weighted by Crippen LogP contribution is 2.19. The van der Waals surface area contributed by atoms with Gasteiger partial charge >= 0.3 is 5.97 Å². The van der Waals surface area contributed by atoms with Gasteiger partial charge < -0.3 is 21.9 Å². The third kappa shape index (κ3) is 5.16. The third-order valence-corrected chi connectivity index (χ3v) is 5.15. The molecule has 1 heterocycles. The molecule has 1 aromatic heterocycles. The summed E-state index contributed by atoms with van der Waals surface area (Å²) in [5.41, 5.74) is 14.3. The summed E-state index contributed by atoms with van der Waals surface area (Å²) in [6.45, 7) is 0.646. The molecule has 0 aliphatic carbocycles. The number of hydrogen-bond donors (Lipinski definition) is 4. The van der Waals surface area contributed by atoms with Crippen LogP contribution in [0.15, 0.2) is 66.7 Å². The summed E-state index contributed by atoms with van der Waals surface area (Å²) in [6.07, 6.45) is 1.06. The Hall–Kier alpha value is -4.04. The van der Waals surface area contributed by atoms with Crippen molar-refractivity contribution in [2.24, 2.45) is 5.73 Å². The lowest BCUT2D eigenvalue weighted by Gasteiger charge is -2.09. The maximum absolute atomic E-state index is 10.9. The van der Waals surface area contributed by atoms with E-state index in [9.17, 15) is 4.79 Å². The van der Waals surface area contributed by atoms with Crippen molar-refractivity contribution in [3.8, 4) is 11.4 Å². The van der Waals surface area contributed by atoms with E-state index in [1.54, 1.807) is 0 Å². The van der Waals surface area contributed by atoms with Gasteiger partial charge in [0.2, 0.25) is 11.9 Å². The van der Waals surface area contributed by atoms with Gasteiger partial charge in [-0.25, -0.2) is 0 Å².